The lowest BCUT2D eigenvalue weighted by Crippen LogP contribution is -2.45. The summed E-state index contributed by atoms with van der Waals surface area (Å²) in [4.78, 5) is 13.3. The molecule has 20 heavy (non-hydrogen) atoms. The van der Waals surface area contributed by atoms with Crippen molar-refractivity contribution in [1.29, 1.82) is 0 Å². The molecule has 1 aromatic rings. The third-order valence-electron chi connectivity index (χ3n) is 3.68. The Kier molecular flexibility index (Phi) is 5.57. The minimum atomic E-state index is -0.458. The number of piperidine rings is 1. The Morgan fingerprint density at radius 1 is 1.40 bits per heavy atom. The van der Waals surface area contributed by atoms with Crippen LogP contribution in [0, 0.1) is 0 Å². The first kappa shape index (κ1) is 15.5. The van der Waals surface area contributed by atoms with E-state index in [2.05, 4.69) is 26.1 Å². The monoisotopic (exact) mass is 340 g/mol. The molecular formula is C15H21BrN2O2. The summed E-state index contributed by atoms with van der Waals surface area (Å²) in [6, 6.07) is 8.06. The molecule has 2 N–H and O–H groups in total. The van der Waals surface area contributed by atoms with Crippen LogP contribution in [0.3, 0.4) is 0 Å². The number of benzene rings is 1. The van der Waals surface area contributed by atoms with Crippen molar-refractivity contribution in [2.24, 2.45) is 0 Å². The lowest BCUT2D eigenvalue weighted by Gasteiger charge is -2.33. The second-order valence-electron chi connectivity index (χ2n) is 5.34. The molecule has 1 saturated heterocycles. The van der Waals surface area contributed by atoms with E-state index >= 15 is 0 Å². The van der Waals surface area contributed by atoms with Crippen molar-refractivity contribution in [3.8, 4) is 0 Å². The van der Waals surface area contributed by atoms with Crippen LogP contribution in [0.15, 0.2) is 28.7 Å². The molecule has 1 amide bonds. The smallest absolute Gasteiger partial charge is 0.217 e. The van der Waals surface area contributed by atoms with Crippen molar-refractivity contribution in [1.82, 2.24) is 10.2 Å². The van der Waals surface area contributed by atoms with E-state index in [4.69, 9.17) is 0 Å². The highest BCUT2D eigenvalue weighted by Crippen LogP contribution is 2.19. The van der Waals surface area contributed by atoms with Gasteiger partial charge in [0.25, 0.3) is 0 Å². The van der Waals surface area contributed by atoms with Crippen LogP contribution in [-0.2, 0) is 4.79 Å². The standard InChI is InChI=1S/C15H21BrN2O2/c1-11(19)17-14-6-8-18(9-7-14)10-15(20)12-2-4-13(16)5-3-12/h2-5,14-15,20H,6-10H2,1H3,(H,17,19). The van der Waals surface area contributed by atoms with Gasteiger partial charge in [-0.2, -0.15) is 0 Å². The maximum atomic E-state index is 11.0. The third kappa shape index (κ3) is 4.58. The summed E-state index contributed by atoms with van der Waals surface area (Å²) in [6.45, 7) is 4.04. The minimum Gasteiger partial charge on any atom is -0.387 e. The van der Waals surface area contributed by atoms with Gasteiger partial charge in [0.05, 0.1) is 6.10 Å². The molecule has 4 nitrogen and oxygen atoms in total. The molecule has 1 aromatic carbocycles. The van der Waals surface area contributed by atoms with E-state index in [9.17, 15) is 9.90 Å². The maximum Gasteiger partial charge on any atom is 0.217 e. The molecule has 2 rings (SSSR count). The van der Waals surface area contributed by atoms with E-state index in [1.165, 1.54) is 0 Å². The summed E-state index contributed by atoms with van der Waals surface area (Å²) in [5.74, 6) is 0.0401. The number of aliphatic hydroxyl groups is 1. The molecule has 0 aromatic heterocycles. The number of hydrogen-bond donors (Lipinski definition) is 2. The molecule has 1 heterocycles. The summed E-state index contributed by atoms with van der Waals surface area (Å²) in [5.41, 5.74) is 0.942. The molecule has 0 bridgehead atoms. The Hall–Kier alpha value is -0.910. The molecule has 1 aliphatic rings. The fraction of sp³-hybridized carbons (Fsp3) is 0.533. The van der Waals surface area contributed by atoms with Crippen molar-refractivity contribution in [3.05, 3.63) is 34.3 Å². The van der Waals surface area contributed by atoms with Gasteiger partial charge in [-0.05, 0) is 30.5 Å². The van der Waals surface area contributed by atoms with Gasteiger partial charge in [0.2, 0.25) is 5.91 Å². The van der Waals surface area contributed by atoms with Gasteiger partial charge in [0.1, 0.15) is 0 Å². The lowest BCUT2D eigenvalue weighted by atomic mass is 10.0. The number of amides is 1. The summed E-state index contributed by atoms with van der Waals surface area (Å²) < 4.78 is 1.02. The normalized spacial score (nSPS) is 18.8. The van der Waals surface area contributed by atoms with Gasteiger partial charge in [-0.3, -0.25) is 4.79 Å². The summed E-state index contributed by atoms with van der Waals surface area (Å²) in [6.07, 6.45) is 1.44. The number of aliphatic hydroxyl groups excluding tert-OH is 1. The molecular weight excluding hydrogens is 320 g/mol. The van der Waals surface area contributed by atoms with Crippen LogP contribution in [0.4, 0.5) is 0 Å². The van der Waals surface area contributed by atoms with Crippen LogP contribution < -0.4 is 5.32 Å². The summed E-state index contributed by atoms with van der Waals surface area (Å²) in [5, 5.41) is 13.2. The van der Waals surface area contributed by atoms with Gasteiger partial charge in [-0.15, -0.1) is 0 Å². The van der Waals surface area contributed by atoms with E-state index in [-0.39, 0.29) is 11.9 Å². The zero-order valence-electron chi connectivity index (χ0n) is 11.7. The Balaban J connectivity index is 1.80. The van der Waals surface area contributed by atoms with Crippen LogP contribution in [0.2, 0.25) is 0 Å². The van der Waals surface area contributed by atoms with Crippen molar-refractivity contribution in [3.63, 3.8) is 0 Å². The van der Waals surface area contributed by atoms with Crippen LogP contribution >= 0.6 is 15.9 Å². The number of β-amino-alcohol motifs (C(OH)–C–C–N with tert-alkyl or cyclic N) is 1. The van der Waals surface area contributed by atoms with Gasteiger partial charge >= 0.3 is 0 Å². The zero-order valence-corrected chi connectivity index (χ0v) is 13.3. The third-order valence-corrected chi connectivity index (χ3v) is 4.21. The predicted octanol–water partition coefficient (Wildman–Crippen LogP) is 2.08. The average molecular weight is 341 g/mol. The number of carbonyl (C=O) groups is 1. The SMILES string of the molecule is CC(=O)NC1CCN(CC(O)c2ccc(Br)cc2)CC1. The largest absolute Gasteiger partial charge is 0.387 e. The Labute approximate surface area is 128 Å². The van der Waals surface area contributed by atoms with Gasteiger partial charge in [-0.1, -0.05) is 28.1 Å². The fourth-order valence-electron chi connectivity index (χ4n) is 2.58. The number of hydrogen-bond acceptors (Lipinski definition) is 3. The fourth-order valence-corrected chi connectivity index (χ4v) is 2.85. The number of halogens is 1. The molecule has 1 unspecified atom stereocenters. The molecule has 0 radical (unpaired) electrons. The molecule has 0 aliphatic carbocycles. The van der Waals surface area contributed by atoms with E-state index < -0.39 is 6.10 Å². The highest BCUT2D eigenvalue weighted by atomic mass is 79.9. The number of nitrogens with zero attached hydrogens (tertiary/aromatic N) is 1. The quantitative estimate of drug-likeness (QED) is 0.882. The molecule has 0 spiro atoms. The van der Waals surface area contributed by atoms with Crippen LogP contribution in [0.25, 0.3) is 0 Å². The zero-order chi connectivity index (χ0) is 14.5. The Morgan fingerprint density at radius 3 is 2.55 bits per heavy atom. The van der Waals surface area contributed by atoms with Gasteiger partial charge in [-0.25, -0.2) is 0 Å². The van der Waals surface area contributed by atoms with Gasteiger partial charge < -0.3 is 15.3 Å². The number of likely N-dealkylation sites (tertiary alicyclic amines) is 1. The van der Waals surface area contributed by atoms with Crippen molar-refractivity contribution < 1.29 is 9.90 Å². The lowest BCUT2D eigenvalue weighted by molar-refractivity contribution is -0.120. The first-order valence-corrected chi connectivity index (χ1v) is 7.77. The molecule has 1 fully saturated rings. The van der Waals surface area contributed by atoms with E-state index in [1.807, 2.05) is 24.3 Å². The Morgan fingerprint density at radius 2 is 2.00 bits per heavy atom. The highest BCUT2D eigenvalue weighted by molar-refractivity contribution is 9.10. The van der Waals surface area contributed by atoms with E-state index in [1.54, 1.807) is 6.92 Å². The maximum absolute atomic E-state index is 11.0. The first-order chi connectivity index (χ1) is 9.54. The molecule has 5 heteroatoms. The summed E-state index contributed by atoms with van der Waals surface area (Å²) in [7, 11) is 0. The molecule has 0 saturated carbocycles. The van der Waals surface area contributed by atoms with E-state index in [0.717, 1.165) is 36.0 Å². The van der Waals surface area contributed by atoms with Crippen LogP contribution in [0.5, 0.6) is 0 Å². The predicted molar refractivity (Wildman–Crippen MR) is 82.4 cm³/mol. The molecule has 110 valence electrons. The minimum absolute atomic E-state index is 0.0401. The van der Waals surface area contributed by atoms with Crippen molar-refractivity contribution in [2.45, 2.75) is 31.9 Å². The number of rotatable bonds is 4. The molecule has 1 atom stereocenters. The second-order valence-corrected chi connectivity index (χ2v) is 6.26. The highest BCUT2D eigenvalue weighted by Gasteiger charge is 2.21. The second kappa shape index (κ2) is 7.20. The van der Waals surface area contributed by atoms with Crippen LogP contribution in [-0.4, -0.2) is 41.6 Å². The van der Waals surface area contributed by atoms with Crippen molar-refractivity contribution >= 4 is 21.8 Å². The average Bonchev–Trinajstić information content (AvgIpc) is 2.41. The first-order valence-electron chi connectivity index (χ1n) is 6.97. The number of nitrogens with one attached hydrogen (secondary N) is 1. The summed E-state index contributed by atoms with van der Waals surface area (Å²) >= 11 is 3.39. The van der Waals surface area contributed by atoms with Crippen molar-refractivity contribution in [2.75, 3.05) is 19.6 Å². The van der Waals surface area contributed by atoms with Gasteiger partial charge in [0, 0.05) is 37.1 Å². The number of carbonyl (C=O) groups excluding carboxylic acids is 1. The molecule has 1 aliphatic heterocycles. The van der Waals surface area contributed by atoms with Crippen LogP contribution in [0.1, 0.15) is 31.4 Å². The van der Waals surface area contributed by atoms with E-state index in [0.29, 0.717) is 6.54 Å². The Bertz CT molecular complexity index is 442. The topological polar surface area (TPSA) is 52.6 Å². The van der Waals surface area contributed by atoms with Gasteiger partial charge in [0.15, 0.2) is 0 Å².